The first-order valence-electron chi connectivity index (χ1n) is 11.2. The summed E-state index contributed by atoms with van der Waals surface area (Å²) in [4.78, 5) is 12.9. The molecule has 3 aromatic carbocycles. The zero-order valence-electron chi connectivity index (χ0n) is 20.6. The smallest absolute Gasteiger partial charge is 0.264 e. The first kappa shape index (κ1) is 26.0. The number of hydrogen-bond acceptors (Lipinski definition) is 5. The van der Waals surface area contributed by atoms with Gasteiger partial charge in [0.2, 0.25) is 0 Å². The molecule has 0 aliphatic carbocycles. The standard InChI is InChI=1S/C27H31N3O4S/c1-20(21-11-13-22(14-12-21)27(2,3)4)28-29-26(31)19-30(23-15-17-24(34-5)18-16-23)35(32,33)25-9-7-6-8-10-25/h6-18H,19H2,1-5H3,(H,29,31)/b28-20-. The van der Waals surface area contributed by atoms with Crippen LogP contribution >= 0.6 is 0 Å². The number of hydrogen-bond donors (Lipinski definition) is 1. The average Bonchev–Trinajstić information content (AvgIpc) is 2.86. The molecule has 7 nitrogen and oxygen atoms in total. The molecule has 0 radical (unpaired) electrons. The second kappa shape index (κ2) is 10.7. The zero-order chi connectivity index (χ0) is 25.6. The Morgan fingerprint density at radius 2 is 1.54 bits per heavy atom. The van der Waals surface area contributed by atoms with Crippen molar-refractivity contribution < 1.29 is 17.9 Å². The normalized spacial score (nSPS) is 12.2. The largest absolute Gasteiger partial charge is 0.497 e. The minimum Gasteiger partial charge on any atom is -0.497 e. The summed E-state index contributed by atoms with van der Waals surface area (Å²) in [5, 5.41) is 4.19. The monoisotopic (exact) mass is 493 g/mol. The topological polar surface area (TPSA) is 88.1 Å². The molecule has 0 aliphatic rings. The number of benzene rings is 3. The van der Waals surface area contributed by atoms with E-state index in [9.17, 15) is 13.2 Å². The maximum absolute atomic E-state index is 13.4. The lowest BCUT2D eigenvalue weighted by Crippen LogP contribution is -2.39. The van der Waals surface area contributed by atoms with Crippen molar-refractivity contribution >= 4 is 27.3 Å². The number of amides is 1. The molecule has 3 aromatic rings. The number of ether oxygens (including phenoxy) is 1. The molecule has 0 aliphatic heterocycles. The van der Waals surface area contributed by atoms with Gasteiger partial charge in [0, 0.05) is 0 Å². The van der Waals surface area contributed by atoms with Crippen LogP contribution in [0, 0.1) is 0 Å². The van der Waals surface area contributed by atoms with Crippen molar-refractivity contribution in [3.05, 3.63) is 90.0 Å². The molecule has 0 saturated heterocycles. The number of nitrogens with one attached hydrogen (secondary N) is 1. The molecule has 0 aromatic heterocycles. The number of nitrogens with zero attached hydrogens (tertiary/aromatic N) is 2. The highest BCUT2D eigenvalue weighted by atomic mass is 32.2. The van der Waals surface area contributed by atoms with Gasteiger partial charge >= 0.3 is 0 Å². The van der Waals surface area contributed by atoms with E-state index in [4.69, 9.17) is 4.74 Å². The van der Waals surface area contributed by atoms with Crippen molar-refractivity contribution in [3.63, 3.8) is 0 Å². The Kier molecular flexibility index (Phi) is 7.96. The summed E-state index contributed by atoms with van der Waals surface area (Å²) in [6.45, 7) is 7.77. The predicted molar refractivity (Wildman–Crippen MR) is 139 cm³/mol. The lowest BCUT2D eigenvalue weighted by Gasteiger charge is -2.24. The molecule has 0 spiro atoms. The minimum absolute atomic E-state index is 0.0347. The maximum atomic E-state index is 13.4. The lowest BCUT2D eigenvalue weighted by atomic mass is 9.86. The van der Waals surface area contributed by atoms with Gasteiger partial charge in [0.05, 0.1) is 23.4 Å². The van der Waals surface area contributed by atoms with E-state index in [-0.39, 0.29) is 10.3 Å². The molecule has 1 amide bonds. The second-order valence-corrected chi connectivity index (χ2v) is 10.9. The van der Waals surface area contributed by atoms with Crippen LogP contribution in [-0.2, 0) is 20.2 Å². The Hall–Kier alpha value is -3.65. The van der Waals surface area contributed by atoms with E-state index >= 15 is 0 Å². The van der Waals surface area contributed by atoms with Gasteiger partial charge in [-0.2, -0.15) is 5.10 Å². The summed E-state index contributed by atoms with van der Waals surface area (Å²) in [5.41, 5.74) is 5.53. The van der Waals surface area contributed by atoms with Crippen LogP contribution in [0.5, 0.6) is 5.75 Å². The summed E-state index contributed by atoms with van der Waals surface area (Å²) < 4.78 is 33.0. The molecule has 0 atom stereocenters. The van der Waals surface area contributed by atoms with Gasteiger partial charge in [-0.05, 0) is 59.9 Å². The number of rotatable bonds is 8. The molecule has 35 heavy (non-hydrogen) atoms. The van der Waals surface area contributed by atoms with Crippen LogP contribution in [0.25, 0.3) is 0 Å². The van der Waals surface area contributed by atoms with Gasteiger partial charge in [0.1, 0.15) is 12.3 Å². The highest BCUT2D eigenvalue weighted by molar-refractivity contribution is 7.92. The number of methoxy groups -OCH3 is 1. The number of carbonyl (C=O) groups is 1. The molecule has 0 heterocycles. The molecular formula is C27H31N3O4S. The number of hydrazone groups is 1. The third kappa shape index (κ3) is 6.48. The van der Waals surface area contributed by atoms with E-state index in [1.165, 1.54) is 24.8 Å². The van der Waals surface area contributed by atoms with E-state index in [2.05, 4.69) is 31.3 Å². The molecule has 8 heteroatoms. The first-order valence-corrected chi connectivity index (χ1v) is 12.6. The van der Waals surface area contributed by atoms with Gasteiger partial charge < -0.3 is 4.74 Å². The summed E-state index contributed by atoms with van der Waals surface area (Å²) in [7, 11) is -2.47. The summed E-state index contributed by atoms with van der Waals surface area (Å²) in [5.74, 6) is 0.0129. The van der Waals surface area contributed by atoms with Crippen LogP contribution in [0.3, 0.4) is 0 Å². The Bertz CT molecular complexity index is 1280. The highest BCUT2D eigenvalue weighted by Gasteiger charge is 2.27. The van der Waals surface area contributed by atoms with Crippen molar-refractivity contribution in [1.29, 1.82) is 0 Å². The van der Waals surface area contributed by atoms with Gasteiger partial charge in [-0.1, -0.05) is 63.2 Å². The van der Waals surface area contributed by atoms with Gasteiger partial charge in [-0.3, -0.25) is 9.10 Å². The van der Waals surface area contributed by atoms with Gasteiger partial charge in [0.25, 0.3) is 15.9 Å². The number of carbonyl (C=O) groups excluding carboxylic acids is 1. The van der Waals surface area contributed by atoms with Gasteiger partial charge in [0.15, 0.2) is 0 Å². The molecule has 0 saturated carbocycles. The molecular weight excluding hydrogens is 462 g/mol. The van der Waals surface area contributed by atoms with E-state index in [0.29, 0.717) is 17.1 Å². The van der Waals surface area contributed by atoms with E-state index < -0.39 is 22.5 Å². The fourth-order valence-corrected chi connectivity index (χ4v) is 4.81. The molecule has 0 unspecified atom stereocenters. The maximum Gasteiger partial charge on any atom is 0.264 e. The van der Waals surface area contributed by atoms with Crippen LogP contribution < -0.4 is 14.5 Å². The fourth-order valence-electron chi connectivity index (χ4n) is 3.37. The Labute approximate surface area is 207 Å². The average molecular weight is 494 g/mol. The van der Waals surface area contributed by atoms with Crippen molar-refractivity contribution in [1.82, 2.24) is 5.43 Å². The molecule has 0 fully saturated rings. The van der Waals surface area contributed by atoms with Crippen molar-refractivity contribution in [2.45, 2.75) is 38.0 Å². The van der Waals surface area contributed by atoms with Crippen LogP contribution in [0.1, 0.15) is 38.8 Å². The molecule has 1 N–H and O–H groups in total. The molecule has 184 valence electrons. The Balaban J connectivity index is 1.82. The van der Waals surface area contributed by atoms with Crippen molar-refractivity contribution in [2.24, 2.45) is 5.10 Å². The highest BCUT2D eigenvalue weighted by Crippen LogP contribution is 2.26. The Morgan fingerprint density at radius 1 is 0.943 bits per heavy atom. The van der Waals surface area contributed by atoms with Crippen LogP contribution in [0.15, 0.2) is 88.9 Å². The second-order valence-electron chi connectivity index (χ2n) is 9.08. The van der Waals surface area contributed by atoms with Crippen LogP contribution in [0.4, 0.5) is 5.69 Å². The third-order valence-electron chi connectivity index (χ3n) is 5.50. The zero-order valence-corrected chi connectivity index (χ0v) is 21.5. The number of sulfonamides is 1. The Morgan fingerprint density at radius 3 is 2.09 bits per heavy atom. The fraction of sp³-hybridized carbons (Fsp3) is 0.259. The quantitative estimate of drug-likeness (QED) is 0.363. The summed E-state index contributed by atoms with van der Waals surface area (Å²) >= 11 is 0. The SMILES string of the molecule is COc1ccc(N(CC(=O)N/N=C(/C)c2ccc(C(C)(C)C)cc2)S(=O)(=O)c2ccccc2)cc1. The van der Waals surface area contributed by atoms with Gasteiger partial charge in [-0.25, -0.2) is 13.8 Å². The van der Waals surface area contributed by atoms with E-state index in [1.807, 2.05) is 24.3 Å². The van der Waals surface area contributed by atoms with E-state index in [0.717, 1.165) is 9.87 Å². The summed E-state index contributed by atoms with van der Waals surface area (Å²) in [6.07, 6.45) is 0. The predicted octanol–water partition coefficient (Wildman–Crippen LogP) is 4.73. The van der Waals surface area contributed by atoms with Crippen LogP contribution in [-0.4, -0.2) is 33.7 Å². The lowest BCUT2D eigenvalue weighted by molar-refractivity contribution is -0.119. The van der Waals surface area contributed by atoms with Crippen molar-refractivity contribution in [3.8, 4) is 5.75 Å². The molecule has 0 bridgehead atoms. The minimum atomic E-state index is -4.00. The van der Waals surface area contributed by atoms with E-state index in [1.54, 1.807) is 49.4 Å². The van der Waals surface area contributed by atoms with Gasteiger partial charge in [-0.15, -0.1) is 0 Å². The van der Waals surface area contributed by atoms with Crippen LogP contribution in [0.2, 0.25) is 0 Å². The summed E-state index contributed by atoms with van der Waals surface area (Å²) in [6, 6.07) is 22.4. The molecule has 3 rings (SSSR count). The van der Waals surface area contributed by atoms with Crippen molar-refractivity contribution in [2.75, 3.05) is 18.0 Å². The first-order chi connectivity index (χ1) is 16.5. The number of anilines is 1. The third-order valence-corrected chi connectivity index (χ3v) is 7.28.